The standard InChI is InChI=1S/C22H22O2P.HI/c1-18(22(23)24-2)25(19-12-6-3-7-13-19,20-14-8-4-9-15-20)21-16-10-5-11-17-21;/h3-18H,1-2H3;1H/q+1;/p-1/i1+1;. The maximum Gasteiger partial charge on any atom is 0.347 e. The van der Waals surface area contributed by atoms with Gasteiger partial charge < -0.3 is 28.7 Å². The highest BCUT2D eigenvalue weighted by atomic mass is 127. The molecule has 0 bridgehead atoms. The van der Waals surface area contributed by atoms with Crippen molar-refractivity contribution in [3.8, 4) is 0 Å². The molecule has 3 rings (SSSR count). The minimum Gasteiger partial charge on any atom is -1.00 e. The van der Waals surface area contributed by atoms with Crippen LogP contribution in [0.2, 0.25) is 0 Å². The van der Waals surface area contributed by atoms with Crippen LogP contribution in [0.5, 0.6) is 0 Å². The van der Waals surface area contributed by atoms with Gasteiger partial charge in [-0.15, -0.1) is 0 Å². The molecule has 26 heavy (non-hydrogen) atoms. The molecule has 0 spiro atoms. The molecule has 0 radical (unpaired) electrons. The second kappa shape index (κ2) is 9.29. The highest BCUT2D eigenvalue weighted by Crippen LogP contribution is 2.59. The molecular weight excluding hydrogens is 455 g/mol. The topological polar surface area (TPSA) is 26.3 Å². The largest absolute Gasteiger partial charge is 1.00 e. The molecule has 1 atom stereocenters. The van der Waals surface area contributed by atoms with Crippen molar-refractivity contribution in [3.63, 3.8) is 0 Å². The second-order valence-electron chi connectivity index (χ2n) is 5.93. The number of halogens is 1. The van der Waals surface area contributed by atoms with E-state index in [9.17, 15) is 4.79 Å². The molecule has 0 saturated carbocycles. The molecule has 0 aliphatic heterocycles. The number of benzene rings is 3. The van der Waals surface area contributed by atoms with Crippen molar-refractivity contribution in [2.45, 2.75) is 12.6 Å². The molecule has 4 heteroatoms. The minimum absolute atomic E-state index is 0. The molecule has 0 heterocycles. The van der Waals surface area contributed by atoms with E-state index in [2.05, 4.69) is 36.4 Å². The van der Waals surface area contributed by atoms with Gasteiger partial charge in [-0.1, -0.05) is 54.6 Å². The average Bonchev–Trinajstić information content (AvgIpc) is 2.70. The van der Waals surface area contributed by atoms with E-state index in [-0.39, 0.29) is 35.6 Å². The molecule has 134 valence electrons. The first-order valence-electron chi connectivity index (χ1n) is 8.34. The van der Waals surface area contributed by atoms with E-state index in [1.807, 2.05) is 61.5 Å². The molecular formula is C22H22IO2P. The number of hydrogen-bond donors (Lipinski definition) is 0. The number of ether oxygens (including phenoxy) is 1. The Balaban J connectivity index is 0.00000243. The maximum atomic E-state index is 12.7. The molecule has 0 saturated heterocycles. The summed E-state index contributed by atoms with van der Waals surface area (Å²) in [6, 6.07) is 31.1. The molecule has 0 aliphatic rings. The van der Waals surface area contributed by atoms with Gasteiger partial charge in [0, 0.05) is 0 Å². The van der Waals surface area contributed by atoms with E-state index in [1.165, 1.54) is 23.0 Å². The maximum absolute atomic E-state index is 12.7. The molecule has 0 N–H and O–H groups in total. The fourth-order valence-electron chi connectivity index (χ4n) is 3.44. The zero-order valence-electron chi connectivity index (χ0n) is 14.9. The third-order valence-electron chi connectivity index (χ3n) is 4.61. The summed E-state index contributed by atoms with van der Waals surface area (Å²) >= 11 is 0. The summed E-state index contributed by atoms with van der Waals surface area (Å²) in [4.78, 5) is 12.7. The number of esters is 1. The predicted molar refractivity (Wildman–Crippen MR) is 107 cm³/mol. The molecule has 0 amide bonds. The number of hydrogen-bond acceptors (Lipinski definition) is 2. The van der Waals surface area contributed by atoms with Crippen LogP contribution in [0, 0.1) is 0 Å². The first kappa shape index (κ1) is 20.6. The zero-order chi connectivity index (χ0) is 17.7. The molecule has 1 unspecified atom stereocenters. The van der Waals surface area contributed by atoms with Gasteiger partial charge in [-0.25, -0.2) is 4.79 Å². The molecule has 3 aromatic rings. The van der Waals surface area contributed by atoms with Crippen molar-refractivity contribution >= 4 is 29.1 Å². The van der Waals surface area contributed by atoms with Crippen molar-refractivity contribution in [3.05, 3.63) is 91.0 Å². The lowest BCUT2D eigenvalue weighted by atomic mass is 10.3. The van der Waals surface area contributed by atoms with Crippen LogP contribution < -0.4 is 39.9 Å². The van der Waals surface area contributed by atoms with E-state index < -0.39 is 7.26 Å². The Kier molecular flexibility index (Phi) is 7.36. The van der Waals surface area contributed by atoms with Gasteiger partial charge >= 0.3 is 5.97 Å². The second-order valence-corrected chi connectivity index (χ2v) is 9.70. The van der Waals surface area contributed by atoms with Gasteiger partial charge in [0.15, 0.2) is 5.66 Å². The normalized spacial score (nSPS) is 11.9. The lowest BCUT2D eigenvalue weighted by Gasteiger charge is -2.31. The Morgan fingerprint density at radius 3 is 1.31 bits per heavy atom. The SMILES string of the molecule is COC(=O)C([13CH3])[P+](c1ccccc1)(c1ccccc1)c1ccccc1.[I-]. The molecule has 0 fully saturated rings. The first-order valence-corrected chi connectivity index (χ1v) is 10.2. The van der Waals surface area contributed by atoms with E-state index in [0.29, 0.717) is 0 Å². The highest BCUT2D eigenvalue weighted by Gasteiger charge is 2.53. The predicted octanol–water partition coefficient (Wildman–Crippen LogP) is 0.546. The Morgan fingerprint density at radius 1 is 0.731 bits per heavy atom. The lowest BCUT2D eigenvalue weighted by Crippen LogP contribution is -3.00. The molecule has 0 aliphatic carbocycles. The van der Waals surface area contributed by atoms with Gasteiger partial charge in [0.05, 0.1) is 7.11 Å². The molecule has 0 aromatic heterocycles. The molecule has 3 aromatic carbocycles. The monoisotopic (exact) mass is 477 g/mol. The molecule has 2 nitrogen and oxygen atoms in total. The van der Waals surface area contributed by atoms with Gasteiger partial charge in [-0.05, 0) is 43.3 Å². The lowest BCUT2D eigenvalue weighted by molar-refractivity contribution is -0.139. The quantitative estimate of drug-likeness (QED) is 0.232. The summed E-state index contributed by atoms with van der Waals surface area (Å²) < 4.78 is 5.17. The number of carbonyl (C=O) groups is 1. The number of carbonyl (C=O) groups excluding carboxylic acids is 1. The van der Waals surface area contributed by atoms with Crippen LogP contribution in [-0.2, 0) is 9.53 Å². The van der Waals surface area contributed by atoms with Crippen LogP contribution in [0.3, 0.4) is 0 Å². The van der Waals surface area contributed by atoms with Crippen molar-refractivity contribution in [1.29, 1.82) is 0 Å². The van der Waals surface area contributed by atoms with Gasteiger partial charge in [-0.2, -0.15) is 0 Å². The summed E-state index contributed by atoms with van der Waals surface area (Å²) in [5.41, 5.74) is -0.273. The number of methoxy groups -OCH3 is 1. The van der Waals surface area contributed by atoms with Crippen molar-refractivity contribution < 1.29 is 33.5 Å². The zero-order valence-corrected chi connectivity index (χ0v) is 17.9. The van der Waals surface area contributed by atoms with Crippen LogP contribution in [0.25, 0.3) is 0 Å². The van der Waals surface area contributed by atoms with Crippen molar-refractivity contribution in [1.82, 2.24) is 0 Å². The third kappa shape index (κ3) is 3.70. The third-order valence-corrected chi connectivity index (χ3v) is 9.32. The Labute approximate surface area is 173 Å². The average molecular weight is 477 g/mol. The minimum atomic E-state index is -2.19. The fraction of sp³-hybridized carbons (Fsp3) is 0.136. The summed E-state index contributed by atoms with van der Waals surface area (Å²) in [5, 5.41) is 3.56. The van der Waals surface area contributed by atoms with Crippen LogP contribution in [-0.4, -0.2) is 18.7 Å². The smallest absolute Gasteiger partial charge is 0.347 e. The van der Waals surface area contributed by atoms with Crippen LogP contribution in [0.1, 0.15) is 6.92 Å². The number of rotatable bonds is 5. The van der Waals surface area contributed by atoms with Gasteiger partial charge in [0.25, 0.3) is 0 Å². The fourth-order valence-corrected chi connectivity index (χ4v) is 8.02. The first-order chi connectivity index (χ1) is 12.2. The van der Waals surface area contributed by atoms with Crippen molar-refractivity contribution in [2.75, 3.05) is 7.11 Å². The Morgan fingerprint density at radius 2 is 1.04 bits per heavy atom. The van der Waals surface area contributed by atoms with Crippen LogP contribution >= 0.6 is 7.26 Å². The van der Waals surface area contributed by atoms with Crippen LogP contribution in [0.4, 0.5) is 0 Å². The van der Waals surface area contributed by atoms with E-state index in [0.717, 1.165) is 0 Å². The van der Waals surface area contributed by atoms with Crippen molar-refractivity contribution in [2.24, 2.45) is 0 Å². The van der Waals surface area contributed by atoms with E-state index in [4.69, 9.17) is 4.74 Å². The van der Waals surface area contributed by atoms with Gasteiger partial charge in [0.1, 0.15) is 23.2 Å². The summed E-state index contributed by atoms with van der Waals surface area (Å²) in [6.07, 6.45) is 0. The Hall–Kier alpha value is -1.71. The summed E-state index contributed by atoms with van der Waals surface area (Å²) in [5.74, 6) is -0.176. The van der Waals surface area contributed by atoms with Gasteiger partial charge in [-0.3, -0.25) is 0 Å². The van der Waals surface area contributed by atoms with Gasteiger partial charge in [0.2, 0.25) is 0 Å². The summed E-state index contributed by atoms with van der Waals surface area (Å²) in [7, 11) is -0.725. The Bertz CT molecular complexity index is 726. The van der Waals surface area contributed by atoms with E-state index in [1.54, 1.807) is 0 Å². The summed E-state index contributed by atoms with van der Waals surface area (Å²) in [6.45, 7) is 1.99. The van der Waals surface area contributed by atoms with E-state index >= 15 is 0 Å². The van der Waals surface area contributed by atoms with Crippen LogP contribution in [0.15, 0.2) is 91.0 Å². The highest BCUT2D eigenvalue weighted by molar-refractivity contribution is 7.96.